The van der Waals surface area contributed by atoms with Gasteiger partial charge in [-0.1, -0.05) is 25.3 Å². The number of hydrogen-bond donors (Lipinski definition) is 0. The highest BCUT2D eigenvalue weighted by Gasteiger charge is 2.10. The molecule has 0 fully saturated rings. The highest BCUT2D eigenvalue weighted by atomic mass is 16.5. The second kappa shape index (κ2) is 7.53. The van der Waals surface area contributed by atoms with E-state index in [0.29, 0.717) is 22.3 Å². The van der Waals surface area contributed by atoms with E-state index in [1.54, 1.807) is 42.5 Å². The Labute approximate surface area is 153 Å². The normalized spacial score (nSPS) is 10.2. The van der Waals surface area contributed by atoms with Crippen molar-refractivity contribution >= 4 is 22.9 Å². The molecule has 134 valence electrons. The van der Waals surface area contributed by atoms with Crippen molar-refractivity contribution in [1.82, 2.24) is 0 Å². The summed E-state index contributed by atoms with van der Waals surface area (Å²) >= 11 is 0. The zero-order valence-corrected chi connectivity index (χ0v) is 14.1. The number of carbonyl (C=O) groups is 2. The molecule has 0 N–H and O–H groups in total. The average molecular weight is 362 g/mol. The van der Waals surface area contributed by atoms with E-state index in [0.717, 1.165) is 12.2 Å². The van der Waals surface area contributed by atoms with Gasteiger partial charge in [0, 0.05) is 23.6 Å². The molecule has 0 bridgehead atoms. The number of ether oxygens (including phenoxy) is 2. The molecule has 1 aromatic heterocycles. The summed E-state index contributed by atoms with van der Waals surface area (Å²) in [6.07, 6.45) is 2.10. The van der Waals surface area contributed by atoms with Crippen molar-refractivity contribution in [3.8, 4) is 22.6 Å². The molecule has 1 heterocycles. The van der Waals surface area contributed by atoms with Crippen molar-refractivity contribution in [3.05, 3.63) is 84.3 Å². The summed E-state index contributed by atoms with van der Waals surface area (Å²) in [5, 5.41) is 0.658. The van der Waals surface area contributed by atoms with Gasteiger partial charge in [-0.15, -0.1) is 0 Å². The van der Waals surface area contributed by atoms with Crippen LogP contribution in [0, 0.1) is 0 Å². The molecule has 0 aliphatic rings. The number of fused-ring (bicyclic) bond motifs is 1. The summed E-state index contributed by atoms with van der Waals surface area (Å²) in [5.41, 5.74) is 0.686. The molecule has 6 nitrogen and oxygen atoms in total. The number of benzene rings is 2. The molecule has 3 aromatic rings. The zero-order valence-electron chi connectivity index (χ0n) is 14.1. The predicted octanol–water partition coefficient (Wildman–Crippen LogP) is 3.64. The van der Waals surface area contributed by atoms with Crippen molar-refractivity contribution in [2.45, 2.75) is 0 Å². The number of esters is 2. The zero-order chi connectivity index (χ0) is 19.4. The minimum absolute atomic E-state index is 0.247. The lowest BCUT2D eigenvalue weighted by Gasteiger charge is -2.06. The van der Waals surface area contributed by atoms with E-state index in [9.17, 15) is 14.4 Å². The van der Waals surface area contributed by atoms with E-state index in [2.05, 4.69) is 13.2 Å². The van der Waals surface area contributed by atoms with Crippen LogP contribution in [0.15, 0.2) is 83.1 Å². The van der Waals surface area contributed by atoms with Crippen LogP contribution in [-0.2, 0) is 9.59 Å². The van der Waals surface area contributed by atoms with E-state index < -0.39 is 17.6 Å². The molecule has 0 aliphatic heterocycles. The molecular formula is C21H14O6. The van der Waals surface area contributed by atoms with Crippen molar-refractivity contribution in [2.75, 3.05) is 0 Å². The lowest BCUT2D eigenvalue weighted by atomic mass is 10.1. The highest BCUT2D eigenvalue weighted by Crippen LogP contribution is 2.26. The minimum atomic E-state index is -0.606. The maximum absolute atomic E-state index is 12.3. The summed E-state index contributed by atoms with van der Waals surface area (Å²) in [6, 6.07) is 12.8. The van der Waals surface area contributed by atoms with Crippen molar-refractivity contribution < 1.29 is 23.5 Å². The van der Waals surface area contributed by atoms with Crippen LogP contribution in [0.5, 0.6) is 11.5 Å². The van der Waals surface area contributed by atoms with Gasteiger partial charge in [0.05, 0.1) is 5.56 Å². The molecule has 0 unspecified atom stereocenters. The Kier molecular flexibility index (Phi) is 4.99. The van der Waals surface area contributed by atoms with Crippen LogP contribution in [-0.4, -0.2) is 11.9 Å². The van der Waals surface area contributed by atoms with Gasteiger partial charge in [0.15, 0.2) is 0 Å². The van der Waals surface area contributed by atoms with Gasteiger partial charge < -0.3 is 13.9 Å². The Balaban J connectivity index is 1.94. The van der Waals surface area contributed by atoms with E-state index in [4.69, 9.17) is 13.9 Å². The summed E-state index contributed by atoms with van der Waals surface area (Å²) in [5.74, 6) is -0.592. The first kappa shape index (κ1) is 17.9. The van der Waals surface area contributed by atoms with Crippen molar-refractivity contribution in [1.29, 1.82) is 0 Å². The molecule has 0 spiro atoms. The molecule has 0 aliphatic carbocycles. The second-order valence-corrected chi connectivity index (χ2v) is 5.42. The third kappa shape index (κ3) is 4.01. The molecule has 27 heavy (non-hydrogen) atoms. The van der Waals surface area contributed by atoms with E-state index in [1.807, 2.05) is 0 Å². The Morgan fingerprint density at radius 3 is 2.07 bits per heavy atom. The van der Waals surface area contributed by atoms with Gasteiger partial charge in [-0.25, -0.2) is 14.4 Å². The van der Waals surface area contributed by atoms with Gasteiger partial charge in [0.2, 0.25) is 0 Å². The molecule has 0 atom stereocenters. The standard InChI is InChI=1S/C21H14O6/c1-3-19(22)25-15-8-5-13(6-9-15)17-11-14-7-10-16(26-20(23)4-2)12-18(14)27-21(17)24/h3-12H,1-2H2. The van der Waals surface area contributed by atoms with Gasteiger partial charge in [0.25, 0.3) is 0 Å². The van der Waals surface area contributed by atoms with Crippen LogP contribution >= 0.6 is 0 Å². The van der Waals surface area contributed by atoms with Gasteiger partial charge in [0.1, 0.15) is 17.1 Å². The van der Waals surface area contributed by atoms with Crippen LogP contribution in [0.2, 0.25) is 0 Å². The van der Waals surface area contributed by atoms with Crippen LogP contribution < -0.4 is 15.1 Å². The topological polar surface area (TPSA) is 82.8 Å². The maximum Gasteiger partial charge on any atom is 0.344 e. The number of carbonyl (C=O) groups excluding carboxylic acids is 2. The van der Waals surface area contributed by atoms with E-state index in [-0.39, 0.29) is 11.3 Å². The first-order valence-corrected chi connectivity index (χ1v) is 7.87. The third-order valence-corrected chi connectivity index (χ3v) is 3.64. The maximum atomic E-state index is 12.3. The van der Waals surface area contributed by atoms with Crippen molar-refractivity contribution in [3.63, 3.8) is 0 Å². The lowest BCUT2D eigenvalue weighted by Crippen LogP contribution is -2.05. The number of rotatable bonds is 5. The summed E-state index contributed by atoms with van der Waals surface area (Å²) in [7, 11) is 0. The molecule has 0 amide bonds. The Morgan fingerprint density at radius 1 is 0.852 bits per heavy atom. The number of hydrogen-bond acceptors (Lipinski definition) is 6. The Morgan fingerprint density at radius 2 is 1.44 bits per heavy atom. The van der Waals surface area contributed by atoms with Crippen LogP contribution in [0.1, 0.15) is 0 Å². The van der Waals surface area contributed by atoms with Crippen LogP contribution in [0.25, 0.3) is 22.1 Å². The van der Waals surface area contributed by atoms with Gasteiger partial charge in [-0.05, 0) is 35.9 Å². The molecule has 0 radical (unpaired) electrons. The lowest BCUT2D eigenvalue weighted by molar-refractivity contribution is -0.129. The van der Waals surface area contributed by atoms with E-state index >= 15 is 0 Å². The summed E-state index contributed by atoms with van der Waals surface area (Å²) in [6.45, 7) is 6.65. The van der Waals surface area contributed by atoms with Crippen molar-refractivity contribution in [2.24, 2.45) is 0 Å². The highest BCUT2D eigenvalue weighted by molar-refractivity contribution is 5.86. The fourth-order valence-corrected chi connectivity index (χ4v) is 2.37. The SMILES string of the molecule is C=CC(=O)Oc1ccc(-c2cc3ccc(OC(=O)C=C)cc3oc2=O)cc1. The summed E-state index contributed by atoms with van der Waals surface area (Å²) in [4.78, 5) is 34.8. The predicted molar refractivity (Wildman–Crippen MR) is 99.6 cm³/mol. The van der Waals surface area contributed by atoms with Crippen LogP contribution in [0.3, 0.4) is 0 Å². The fraction of sp³-hybridized carbons (Fsp3) is 0. The molecule has 0 saturated heterocycles. The quantitative estimate of drug-likeness (QED) is 0.298. The monoisotopic (exact) mass is 362 g/mol. The van der Waals surface area contributed by atoms with Gasteiger partial charge in [-0.3, -0.25) is 0 Å². The first-order valence-electron chi connectivity index (χ1n) is 7.87. The second-order valence-electron chi connectivity index (χ2n) is 5.42. The minimum Gasteiger partial charge on any atom is -0.423 e. The fourth-order valence-electron chi connectivity index (χ4n) is 2.37. The largest absolute Gasteiger partial charge is 0.423 e. The molecule has 6 heteroatoms. The molecular weight excluding hydrogens is 348 g/mol. The Bertz CT molecular complexity index is 1110. The van der Waals surface area contributed by atoms with Crippen LogP contribution in [0.4, 0.5) is 0 Å². The summed E-state index contributed by atoms with van der Waals surface area (Å²) < 4.78 is 15.4. The average Bonchev–Trinajstić information content (AvgIpc) is 2.68. The smallest absolute Gasteiger partial charge is 0.344 e. The molecule has 0 saturated carbocycles. The molecule has 2 aromatic carbocycles. The van der Waals surface area contributed by atoms with E-state index in [1.165, 1.54) is 6.07 Å². The third-order valence-electron chi connectivity index (χ3n) is 3.64. The molecule has 3 rings (SSSR count). The first-order chi connectivity index (χ1) is 13.0. The van der Waals surface area contributed by atoms with Gasteiger partial charge >= 0.3 is 17.6 Å². The van der Waals surface area contributed by atoms with Gasteiger partial charge in [-0.2, -0.15) is 0 Å². The Hall–Kier alpha value is -3.93.